The molecule has 1 aromatic heterocycles. The molecule has 0 N–H and O–H groups in total. The second kappa shape index (κ2) is 14.0. The van der Waals surface area contributed by atoms with Crippen LogP contribution in [0.2, 0.25) is 0 Å². The van der Waals surface area contributed by atoms with Crippen molar-refractivity contribution in [2.45, 2.75) is 59.0 Å². The molecule has 0 aliphatic carbocycles. The van der Waals surface area contributed by atoms with Crippen LogP contribution in [0.15, 0.2) is 70.6 Å². The zero-order valence-electron chi connectivity index (χ0n) is 24.7. The number of nitrogens with zero attached hydrogens (tertiary/aromatic N) is 3. The van der Waals surface area contributed by atoms with Gasteiger partial charge in [-0.05, 0) is 73.7 Å². The Morgan fingerprint density at radius 3 is 2.33 bits per heavy atom. The van der Waals surface area contributed by atoms with Crippen LogP contribution in [0.4, 0.5) is 0 Å². The van der Waals surface area contributed by atoms with Crippen LogP contribution in [0.25, 0.3) is 11.1 Å². The van der Waals surface area contributed by atoms with Gasteiger partial charge in [-0.2, -0.15) is 0 Å². The van der Waals surface area contributed by atoms with Crippen molar-refractivity contribution in [3.63, 3.8) is 0 Å². The Bertz CT molecular complexity index is 1400. The summed E-state index contributed by atoms with van der Waals surface area (Å²) in [6.45, 7) is 8.82. The molecule has 0 saturated carbocycles. The number of carbonyl (C=O) groups excluding carboxylic acids is 2. The van der Waals surface area contributed by atoms with Crippen LogP contribution in [0.5, 0.6) is 0 Å². The predicted octanol–water partition coefficient (Wildman–Crippen LogP) is 5.73. The van der Waals surface area contributed by atoms with E-state index >= 15 is 0 Å². The van der Waals surface area contributed by atoms with Crippen LogP contribution < -0.4 is 5.56 Å². The lowest BCUT2D eigenvalue weighted by atomic mass is 9.90. The number of methoxy groups -OCH3 is 1. The largest absolute Gasteiger partial charge is 0.469 e. The number of esters is 1. The highest BCUT2D eigenvalue weighted by molar-refractivity contribution is 5.91. The number of amides is 1. The Balaban J connectivity index is 2.00. The van der Waals surface area contributed by atoms with Crippen LogP contribution in [0.1, 0.15) is 60.9 Å². The highest BCUT2D eigenvalue weighted by atomic mass is 16.5. The molecule has 1 heterocycles. The van der Waals surface area contributed by atoms with Crippen molar-refractivity contribution in [1.29, 1.82) is 0 Å². The number of aromatic nitrogens is 1. The zero-order valence-corrected chi connectivity index (χ0v) is 24.7. The lowest BCUT2D eigenvalue weighted by Gasteiger charge is -2.20. The van der Waals surface area contributed by atoms with Gasteiger partial charge in [-0.25, -0.2) is 4.99 Å². The molecule has 2 atom stereocenters. The van der Waals surface area contributed by atoms with Crippen molar-refractivity contribution >= 4 is 18.1 Å². The number of pyridine rings is 1. The van der Waals surface area contributed by atoms with Gasteiger partial charge in [0.1, 0.15) is 6.04 Å². The van der Waals surface area contributed by atoms with Crippen molar-refractivity contribution in [3.05, 3.63) is 93.4 Å². The average molecular weight is 544 g/mol. The normalized spacial score (nSPS) is 13.1. The molecule has 0 spiro atoms. The summed E-state index contributed by atoms with van der Waals surface area (Å²) in [6.07, 6.45) is 3.79. The summed E-state index contributed by atoms with van der Waals surface area (Å²) in [5, 5.41) is 0. The second-order valence-electron chi connectivity index (χ2n) is 11.1. The quantitative estimate of drug-likeness (QED) is 0.228. The minimum absolute atomic E-state index is 0.0383. The Kier molecular flexibility index (Phi) is 10.7. The molecule has 0 aliphatic rings. The van der Waals surface area contributed by atoms with Gasteiger partial charge in [0.15, 0.2) is 0 Å². The van der Waals surface area contributed by atoms with E-state index in [1.807, 2.05) is 63.2 Å². The highest BCUT2D eigenvalue weighted by Crippen LogP contribution is 2.30. The molecule has 7 heteroatoms. The van der Waals surface area contributed by atoms with Gasteiger partial charge < -0.3 is 14.2 Å². The second-order valence-corrected chi connectivity index (χ2v) is 11.1. The third kappa shape index (κ3) is 8.09. The van der Waals surface area contributed by atoms with Crippen molar-refractivity contribution in [1.82, 2.24) is 9.47 Å². The van der Waals surface area contributed by atoms with E-state index in [0.717, 1.165) is 33.4 Å². The summed E-state index contributed by atoms with van der Waals surface area (Å²) in [4.78, 5) is 45.1. The summed E-state index contributed by atoms with van der Waals surface area (Å²) >= 11 is 0. The maximum Gasteiger partial charge on any atom is 0.306 e. The number of carbonyl (C=O) groups is 2. The molecule has 3 aromatic rings. The van der Waals surface area contributed by atoms with Crippen molar-refractivity contribution < 1.29 is 14.3 Å². The summed E-state index contributed by atoms with van der Waals surface area (Å²) < 4.78 is 6.45. The Morgan fingerprint density at radius 2 is 1.70 bits per heavy atom. The van der Waals surface area contributed by atoms with Crippen LogP contribution in [-0.2, 0) is 20.9 Å². The van der Waals surface area contributed by atoms with E-state index in [4.69, 9.17) is 4.74 Å². The fraction of sp³-hybridized carbons (Fsp3) is 0.394. The Morgan fingerprint density at radius 1 is 1.02 bits per heavy atom. The molecular weight excluding hydrogens is 502 g/mol. The molecule has 2 unspecified atom stereocenters. The first-order valence-electron chi connectivity index (χ1n) is 13.7. The third-order valence-electron chi connectivity index (χ3n) is 6.89. The van der Waals surface area contributed by atoms with E-state index in [-0.39, 0.29) is 17.9 Å². The number of rotatable bonds is 11. The van der Waals surface area contributed by atoms with Crippen LogP contribution in [0, 0.1) is 19.8 Å². The van der Waals surface area contributed by atoms with E-state index in [0.29, 0.717) is 13.0 Å². The van der Waals surface area contributed by atoms with Crippen LogP contribution >= 0.6 is 0 Å². The van der Waals surface area contributed by atoms with Gasteiger partial charge >= 0.3 is 5.97 Å². The standard InChI is InChI=1S/C33H41N3O4/c1-22(2)16-29(36-21-25(20-35(5)6)14-15-30(36)37)33(39)34-19-28(18-31(38)40-7)26-12-9-13-27(17-26)32-23(3)10-8-11-24(32)4/h8-15,17,19,21-22,28-29H,16,18,20H2,1-7H3/b34-19+. The number of aryl methyl sites for hydroxylation is 2. The minimum Gasteiger partial charge on any atom is -0.469 e. The molecule has 0 bridgehead atoms. The first kappa shape index (κ1) is 30.7. The lowest BCUT2D eigenvalue weighted by molar-refractivity contribution is -0.140. The molecule has 7 nitrogen and oxygen atoms in total. The molecule has 212 valence electrons. The Hall–Kier alpha value is -3.84. The molecule has 40 heavy (non-hydrogen) atoms. The number of hydrogen-bond donors (Lipinski definition) is 0. The average Bonchev–Trinajstić information content (AvgIpc) is 2.90. The van der Waals surface area contributed by atoms with Gasteiger partial charge in [0.2, 0.25) is 0 Å². The molecule has 2 aromatic carbocycles. The SMILES string of the molecule is COC(=O)CC(/C=N/C(=O)C(CC(C)C)n1cc(CN(C)C)ccc1=O)c1cccc(-c2c(C)cccc2C)c1. The smallest absolute Gasteiger partial charge is 0.306 e. The van der Waals surface area contributed by atoms with E-state index in [2.05, 4.69) is 31.0 Å². The van der Waals surface area contributed by atoms with Gasteiger partial charge in [-0.1, -0.05) is 62.4 Å². The number of aliphatic imine (C=N–C) groups is 1. The van der Waals surface area contributed by atoms with Crippen LogP contribution in [-0.4, -0.2) is 48.8 Å². The highest BCUT2D eigenvalue weighted by Gasteiger charge is 2.24. The molecule has 1 amide bonds. The topological polar surface area (TPSA) is 81.0 Å². The van der Waals surface area contributed by atoms with Gasteiger partial charge in [0.05, 0.1) is 13.5 Å². The fourth-order valence-electron chi connectivity index (χ4n) is 5.00. The number of ether oxygens (including phenoxy) is 1. The molecule has 0 aliphatic heterocycles. The van der Waals surface area contributed by atoms with Crippen molar-refractivity contribution in [2.24, 2.45) is 10.9 Å². The molecule has 3 rings (SSSR count). The summed E-state index contributed by atoms with van der Waals surface area (Å²) in [5.41, 5.74) is 6.03. The van der Waals surface area contributed by atoms with E-state index in [1.54, 1.807) is 12.3 Å². The summed E-state index contributed by atoms with van der Waals surface area (Å²) in [7, 11) is 5.25. The van der Waals surface area contributed by atoms with Gasteiger partial charge in [0.25, 0.3) is 11.5 Å². The summed E-state index contributed by atoms with van der Waals surface area (Å²) in [5.74, 6) is -1.13. The molecular formula is C33H41N3O4. The molecule has 0 radical (unpaired) electrons. The third-order valence-corrected chi connectivity index (χ3v) is 6.89. The lowest BCUT2D eigenvalue weighted by Crippen LogP contribution is -2.30. The van der Waals surface area contributed by atoms with Crippen molar-refractivity contribution in [2.75, 3.05) is 21.2 Å². The maximum atomic E-state index is 13.5. The predicted molar refractivity (Wildman–Crippen MR) is 161 cm³/mol. The van der Waals surface area contributed by atoms with Gasteiger partial charge in [-0.3, -0.25) is 14.4 Å². The Labute approximate surface area is 237 Å². The molecule has 0 saturated heterocycles. The fourth-order valence-corrected chi connectivity index (χ4v) is 5.00. The van der Waals surface area contributed by atoms with Gasteiger partial charge in [-0.15, -0.1) is 0 Å². The summed E-state index contributed by atoms with van der Waals surface area (Å²) in [6, 6.07) is 16.7. The monoisotopic (exact) mass is 543 g/mol. The van der Waals surface area contributed by atoms with Gasteiger partial charge in [0, 0.05) is 30.9 Å². The first-order valence-corrected chi connectivity index (χ1v) is 13.7. The number of hydrogen-bond acceptors (Lipinski definition) is 5. The maximum absolute atomic E-state index is 13.5. The first-order chi connectivity index (χ1) is 19.0. The minimum atomic E-state index is -0.745. The van der Waals surface area contributed by atoms with E-state index in [9.17, 15) is 14.4 Å². The van der Waals surface area contributed by atoms with E-state index < -0.39 is 23.8 Å². The van der Waals surface area contributed by atoms with Crippen LogP contribution in [0.3, 0.4) is 0 Å². The molecule has 0 fully saturated rings. The zero-order chi connectivity index (χ0) is 29.4. The number of benzene rings is 2. The van der Waals surface area contributed by atoms with E-state index in [1.165, 1.54) is 24.0 Å². The van der Waals surface area contributed by atoms with Crippen molar-refractivity contribution in [3.8, 4) is 11.1 Å².